The summed E-state index contributed by atoms with van der Waals surface area (Å²) in [6.07, 6.45) is 6.45. The summed E-state index contributed by atoms with van der Waals surface area (Å²) >= 11 is 0. The molecule has 0 radical (unpaired) electrons. The second-order valence-electron chi connectivity index (χ2n) is 5.88. The van der Waals surface area contributed by atoms with Gasteiger partial charge in [0.25, 0.3) is 0 Å². The Morgan fingerprint density at radius 3 is 2.08 bits per heavy atom. The van der Waals surface area contributed by atoms with Gasteiger partial charge in [0.2, 0.25) is 0 Å². The normalized spacial score (nSPS) is 10.2. The van der Waals surface area contributed by atoms with Gasteiger partial charge < -0.3 is 9.47 Å². The molecule has 3 heteroatoms. The zero-order valence-corrected chi connectivity index (χ0v) is 14.7. The van der Waals surface area contributed by atoms with Crippen molar-refractivity contribution in [3.05, 3.63) is 67.3 Å². The summed E-state index contributed by atoms with van der Waals surface area (Å²) in [6.45, 7) is 4.58. The van der Waals surface area contributed by atoms with E-state index in [1.807, 2.05) is 30.3 Å². The molecule has 0 saturated carbocycles. The van der Waals surface area contributed by atoms with Crippen molar-refractivity contribution in [2.75, 3.05) is 13.2 Å². The predicted octanol–water partition coefficient (Wildman–Crippen LogP) is 5.41. The Kier molecular flexibility index (Phi) is 8.33. The van der Waals surface area contributed by atoms with Crippen LogP contribution in [0.1, 0.15) is 32.1 Å². The van der Waals surface area contributed by atoms with Gasteiger partial charge in [0.1, 0.15) is 5.75 Å². The van der Waals surface area contributed by atoms with E-state index in [0.717, 1.165) is 44.5 Å². The lowest BCUT2D eigenvalue weighted by molar-refractivity contribution is -0.137. The van der Waals surface area contributed by atoms with Crippen molar-refractivity contribution >= 4 is 5.97 Å². The number of carbonyl (C=O) groups excluding carboxylic acids is 1. The van der Waals surface area contributed by atoms with Gasteiger partial charge in [0.05, 0.1) is 13.2 Å². The third-order valence-corrected chi connectivity index (χ3v) is 3.93. The smallest absolute Gasteiger partial charge is 0.330 e. The number of ether oxygens (including phenoxy) is 2. The van der Waals surface area contributed by atoms with Gasteiger partial charge in [-0.1, -0.05) is 68.3 Å². The summed E-state index contributed by atoms with van der Waals surface area (Å²) in [4.78, 5) is 10.9. The molecule has 3 nitrogen and oxygen atoms in total. The topological polar surface area (TPSA) is 35.5 Å². The molecule has 25 heavy (non-hydrogen) atoms. The molecule has 0 atom stereocenters. The van der Waals surface area contributed by atoms with Crippen molar-refractivity contribution in [2.24, 2.45) is 0 Å². The van der Waals surface area contributed by atoms with E-state index in [1.165, 1.54) is 17.2 Å². The molecule has 2 aromatic rings. The summed E-state index contributed by atoms with van der Waals surface area (Å²) in [5, 5.41) is 0. The largest absolute Gasteiger partial charge is 0.494 e. The molecule has 0 spiro atoms. The number of rotatable bonds is 11. The molecule has 0 saturated heterocycles. The van der Waals surface area contributed by atoms with Crippen LogP contribution >= 0.6 is 0 Å². The zero-order valence-electron chi connectivity index (χ0n) is 14.7. The number of hydrogen-bond acceptors (Lipinski definition) is 3. The lowest BCUT2D eigenvalue weighted by atomic mass is 10.1. The highest BCUT2D eigenvalue weighted by molar-refractivity contribution is 5.81. The monoisotopic (exact) mass is 338 g/mol. The minimum absolute atomic E-state index is 0.341. The van der Waals surface area contributed by atoms with Gasteiger partial charge in [-0.15, -0.1) is 0 Å². The Morgan fingerprint density at radius 1 is 0.800 bits per heavy atom. The van der Waals surface area contributed by atoms with Crippen molar-refractivity contribution < 1.29 is 14.3 Å². The standard InChI is InChI=1S/C22H26O3/c1-2-22(23)25-18-10-5-3-4-9-17-24-21-15-13-20(14-16-21)19-11-7-6-8-12-19/h2,6-8,11-16H,1,3-5,9-10,17-18H2. The first-order valence-corrected chi connectivity index (χ1v) is 8.87. The summed E-state index contributed by atoms with van der Waals surface area (Å²) < 4.78 is 10.7. The highest BCUT2D eigenvalue weighted by atomic mass is 16.5. The van der Waals surface area contributed by atoms with E-state index in [-0.39, 0.29) is 5.97 Å². The van der Waals surface area contributed by atoms with Crippen molar-refractivity contribution in [2.45, 2.75) is 32.1 Å². The van der Waals surface area contributed by atoms with Gasteiger partial charge in [-0.25, -0.2) is 4.79 Å². The number of benzene rings is 2. The van der Waals surface area contributed by atoms with E-state index in [2.05, 4.69) is 30.8 Å². The van der Waals surface area contributed by atoms with Crippen LogP contribution in [0.15, 0.2) is 67.3 Å². The van der Waals surface area contributed by atoms with Crippen LogP contribution < -0.4 is 4.74 Å². The maximum Gasteiger partial charge on any atom is 0.330 e. The van der Waals surface area contributed by atoms with E-state index in [9.17, 15) is 4.79 Å². The van der Waals surface area contributed by atoms with Crippen LogP contribution in [0.3, 0.4) is 0 Å². The number of esters is 1. The van der Waals surface area contributed by atoms with Crippen LogP contribution in [0, 0.1) is 0 Å². The summed E-state index contributed by atoms with van der Waals surface area (Å²) in [6, 6.07) is 18.6. The fourth-order valence-electron chi connectivity index (χ4n) is 2.53. The van der Waals surface area contributed by atoms with Gasteiger partial charge in [0.15, 0.2) is 0 Å². The van der Waals surface area contributed by atoms with E-state index < -0.39 is 0 Å². The van der Waals surface area contributed by atoms with Gasteiger partial charge in [-0.3, -0.25) is 0 Å². The van der Waals surface area contributed by atoms with Crippen LogP contribution in [0.4, 0.5) is 0 Å². The molecule has 0 heterocycles. The first-order valence-electron chi connectivity index (χ1n) is 8.87. The Bertz CT molecular complexity index is 632. The van der Waals surface area contributed by atoms with Crippen LogP contribution in [0.5, 0.6) is 5.75 Å². The molecule has 0 unspecified atom stereocenters. The lowest BCUT2D eigenvalue weighted by Crippen LogP contribution is -2.01. The molecule has 2 rings (SSSR count). The maximum atomic E-state index is 10.9. The molecular weight excluding hydrogens is 312 g/mol. The fourth-order valence-corrected chi connectivity index (χ4v) is 2.53. The minimum atomic E-state index is -0.341. The van der Waals surface area contributed by atoms with Gasteiger partial charge in [-0.2, -0.15) is 0 Å². The number of hydrogen-bond donors (Lipinski definition) is 0. The molecule has 0 aromatic heterocycles. The first-order chi connectivity index (χ1) is 12.3. The third kappa shape index (κ3) is 7.25. The van der Waals surface area contributed by atoms with E-state index in [1.54, 1.807) is 0 Å². The van der Waals surface area contributed by atoms with Crippen molar-refractivity contribution in [1.29, 1.82) is 0 Å². The highest BCUT2D eigenvalue weighted by Crippen LogP contribution is 2.22. The first kappa shape index (κ1) is 18.8. The molecular formula is C22H26O3. The molecule has 2 aromatic carbocycles. The van der Waals surface area contributed by atoms with Crippen LogP contribution in [0.25, 0.3) is 11.1 Å². The molecule has 0 fully saturated rings. The van der Waals surface area contributed by atoms with Gasteiger partial charge in [0, 0.05) is 6.08 Å². The molecule has 0 aliphatic rings. The van der Waals surface area contributed by atoms with E-state index in [4.69, 9.17) is 9.47 Å². The maximum absolute atomic E-state index is 10.9. The van der Waals surface area contributed by atoms with Crippen LogP contribution in [-0.4, -0.2) is 19.2 Å². The average molecular weight is 338 g/mol. The average Bonchev–Trinajstić information content (AvgIpc) is 2.67. The number of carbonyl (C=O) groups is 1. The van der Waals surface area contributed by atoms with E-state index >= 15 is 0 Å². The second kappa shape index (κ2) is 11.1. The fraction of sp³-hybridized carbons (Fsp3) is 0.318. The molecule has 0 aliphatic heterocycles. The molecule has 0 aliphatic carbocycles. The molecule has 132 valence electrons. The zero-order chi connectivity index (χ0) is 17.7. The Morgan fingerprint density at radius 2 is 1.40 bits per heavy atom. The quantitative estimate of drug-likeness (QED) is 0.312. The van der Waals surface area contributed by atoms with E-state index in [0.29, 0.717) is 6.61 Å². The Hall–Kier alpha value is -2.55. The Labute approximate surface area is 150 Å². The molecule has 0 amide bonds. The summed E-state index contributed by atoms with van der Waals surface area (Å²) in [5.41, 5.74) is 2.41. The van der Waals surface area contributed by atoms with Crippen molar-refractivity contribution in [3.8, 4) is 16.9 Å². The van der Waals surface area contributed by atoms with Crippen LogP contribution in [-0.2, 0) is 9.53 Å². The lowest BCUT2D eigenvalue weighted by Gasteiger charge is -2.07. The highest BCUT2D eigenvalue weighted by Gasteiger charge is 1.99. The van der Waals surface area contributed by atoms with Gasteiger partial charge in [-0.05, 0) is 36.1 Å². The Balaban J connectivity index is 1.55. The van der Waals surface area contributed by atoms with Crippen molar-refractivity contribution in [3.63, 3.8) is 0 Å². The molecule has 0 bridgehead atoms. The summed E-state index contributed by atoms with van der Waals surface area (Å²) in [5.74, 6) is 0.572. The predicted molar refractivity (Wildman–Crippen MR) is 102 cm³/mol. The summed E-state index contributed by atoms with van der Waals surface area (Å²) in [7, 11) is 0. The number of unbranched alkanes of at least 4 members (excludes halogenated alkanes) is 4. The minimum Gasteiger partial charge on any atom is -0.494 e. The van der Waals surface area contributed by atoms with Crippen molar-refractivity contribution in [1.82, 2.24) is 0 Å². The SMILES string of the molecule is C=CC(=O)OCCCCCCCOc1ccc(-c2ccccc2)cc1. The molecule has 0 N–H and O–H groups in total. The third-order valence-electron chi connectivity index (χ3n) is 3.93. The van der Waals surface area contributed by atoms with Crippen LogP contribution in [0.2, 0.25) is 0 Å². The second-order valence-corrected chi connectivity index (χ2v) is 5.88. The van der Waals surface area contributed by atoms with Gasteiger partial charge >= 0.3 is 5.97 Å².